The van der Waals surface area contributed by atoms with Crippen LogP contribution in [0, 0.1) is 37.3 Å². The number of aryl methyl sites for hydroxylation is 1. The molecule has 4 amide bonds. The first kappa shape index (κ1) is 96.3. The number of nitrogens with zero attached hydrogens (tertiary/aromatic N) is 16. The fourth-order valence-electron chi connectivity index (χ4n) is 9.15. The highest BCUT2D eigenvalue weighted by molar-refractivity contribution is 9.11. The van der Waals surface area contributed by atoms with Gasteiger partial charge in [0.25, 0.3) is 29.3 Å². The van der Waals surface area contributed by atoms with E-state index in [1.807, 2.05) is 39.8 Å². The largest absolute Gasteiger partial charge is 0.476 e. The normalized spacial score (nSPS) is 12.1. The summed E-state index contributed by atoms with van der Waals surface area (Å²) < 4.78 is 19.6. The minimum absolute atomic E-state index is 0.0233. The zero-order valence-electron chi connectivity index (χ0n) is 60.8. The quantitative estimate of drug-likeness (QED) is 0.0201. The Morgan fingerprint density at radius 3 is 1.45 bits per heavy atom. The van der Waals surface area contributed by atoms with Crippen LogP contribution in [0.25, 0.3) is 5.69 Å². The molecule has 0 bridgehead atoms. The van der Waals surface area contributed by atoms with Gasteiger partial charge in [0.05, 0.1) is 66.5 Å². The van der Waals surface area contributed by atoms with Crippen molar-refractivity contribution >= 4 is 199 Å². The molecule has 0 saturated carbocycles. The number of Topliss-reactive ketones (excluding diaryl/α,β-unsaturated/α-hetero) is 1. The number of fused-ring (bicyclic) bond motifs is 5. The molecular formula is C67H74Br7N17O19S. The van der Waals surface area contributed by atoms with E-state index in [-0.39, 0.29) is 79.5 Å². The molecule has 44 heteroatoms. The lowest BCUT2D eigenvalue weighted by Gasteiger charge is -2.19. The number of ether oxygens (including phenoxy) is 3. The standard InChI is InChI=1S/C12H14BrN3O5.C11H10BrN5O.C11H11BrN2O2.C11H11BrN2OS.C6H3BrN2O4.C6H5BrN2O2.C6H13NO2.C4H7BrO2/c1-3-15(7-10(17)21-4-2)12(18)11-9(16(19)20)5-8(13)6-14-11;1-2-16-5-9-15-14-6-17(9)8-3-7(12)4-13-10(8)11(16)18;1-2-14-6-9(15)4-7-3-8(12)5-13-10(7)11(14)16;1-2-14-6-9(16)4-7-3-8(12)5-13-10(7)11(14)15;7-3-1-4(9(12)13)5(6(10)11)8-2-3;1-4-6(9(10)11)2-5(7)3-8-4;1-3-7-5-6(8)9-4-2;1-2-7-4(6)3-5/h5-6H,3-4,7H2,1-2H3;3-4,6H,2,5H2,1H3;2*3,5H,2,4,6H2,1H3;1-2H,(H,10,11);2-3H,1H3;7H,3-5H2,1-2H3;2-3H2,1H3. The minimum Gasteiger partial charge on any atom is -0.476 e. The summed E-state index contributed by atoms with van der Waals surface area (Å²) in [6.07, 6.45) is 11.4. The summed E-state index contributed by atoms with van der Waals surface area (Å²) in [5.41, 5.74) is 2.35. The molecule has 0 aliphatic carbocycles. The molecule has 7 aromatic rings. The molecule has 0 saturated heterocycles. The number of nitrogens with one attached hydrogen (secondary N) is 1. The molecule has 0 radical (unpaired) electrons. The third-order valence-corrected chi connectivity index (χ3v) is 17.6. The van der Waals surface area contributed by atoms with Crippen LogP contribution in [0.1, 0.15) is 130 Å². The molecule has 111 heavy (non-hydrogen) atoms. The number of alkyl halides is 1. The van der Waals surface area contributed by atoms with Crippen molar-refractivity contribution in [3.8, 4) is 5.69 Å². The predicted octanol–water partition coefficient (Wildman–Crippen LogP) is 11.5. The zero-order chi connectivity index (χ0) is 83.4. The smallest absolute Gasteiger partial charge is 0.361 e. The highest BCUT2D eigenvalue weighted by Crippen LogP contribution is 2.28. The average molecular weight is 2010 g/mol. The number of nitro groups is 3. The van der Waals surface area contributed by atoms with Crippen molar-refractivity contribution in [1.29, 1.82) is 0 Å². The molecule has 7 aromatic heterocycles. The molecule has 36 nitrogen and oxygen atoms in total. The van der Waals surface area contributed by atoms with Gasteiger partial charge in [0.15, 0.2) is 17.3 Å². The van der Waals surface area contributed by atoms with Gasteiger partial charge < -0.3 is 44.2 Å². The van der Waals surface area contributed by atoms with Crippen LogP contribution in [0.3, 0.4) is 0 Å². The van der Waals surface area contributed by atoms with Gasteiger partial charge >= 0.3 is 35.3 Å². The maximum absolute atomic E-state index is 12.3. The van der Waals surface area contributed by atoms with Crippen molar-refractivity contribution in [2.75, 3.05) is 84.1 Å². The Labute approximate surface area is 699 Å². The van der Waals surface area contributed by atoms with Crippen LogP contribution in [0.5, 0.6) is 0 Å². The number of likely N-dealkylation sites (N-methyl/N-ethyl adjacent to an activating group) is 3. The molecule has 3 aliphatic rings. The van der Waals surface area contributed by atoms with Gasteiger partial charge in [-0.15, -0.1) is 10.2 Å². The summed E-state index contributed by atoms with van der Waals surface area (Å²) in [5.74, 6) is -2.54. The molecule has 3 aliphatic heterocycles. The average Bonchev–Trinajstić information content (AvgIpc) is 1.65. The van der Waals surface area contributed by atoms with E-state index in [1.54, 1.807) is 80.0 Å². The van der Waals surface area contributed by atoms with E-state index in [4.69, 9.17) is 22.1 Å². The number of thiocarbonyl (C=S) groups is 1. The van der Waals surface area contributed by atoms with E-state index in [0.717, 1.165) is 47.2 Å². The van der Waals surface area contributed by atoms with Crippen molar-refractivity contribution in [2.24, 2.45) is 0 Å². The summed E-state index contributed by atoms with van der Waals surface area (Å²) in [4.78, 5) is 163. The van der Waals surface area contributed by atoms with Crippen LogP contribution in [-0.4, -0.2) is 226 Å². The van der Waals surface area contributed by atoms with Crippen LogP contribution >= 0.6 is 124 Å². The molecule has 0 aromatic carbocycles. The number of hydrogen-bond donors (Lipinski definition) is 2. The van der Waals surface area contributed by atoms with Gasteiger partial charge in [-0.05, 0) is 187 Å². The van der Waals surface area contributed by atoms with Crippen molar-refractivity contribution < 1.29 is 77.2 Å². The van der Waals surface area contributed by atoms with Crippen LogP contribution in [0.2, 0.25) is 0 Å². The van der Waals surface area contributed by atoms with E-state index in [1.165, 1.54) is 35.6 Å². The first-order valence-corrected chi connectivity index (χ1v) is 39.2. The number of carbonyl (C=O) groups excluding carboxylic acids is 8. The third-order valence-electron chi connectivity index (χ3n) is 14.3. The van der Waals surface area contributed by atoms with Crippen LogP contribution in [0.15, 0.2) is 107 Å². The molecule has 0 fully saturated rings. The van der Waals surface area contributed by atoms with Gasteiger partial charge in [-0.3, -0.25) is 78.3 Å². The fraction of sp³-hybridized carbons (Fsp3) is 0.373. The number of carbonyl (C=O) groups is 9. The lowest BCUT2D eigenvalue weighted by atomic mass is 10.1. The van der Waals surface area contributed by atoms with Gasteiger partial charge in [0, 0.05) is 126 Å². The topological polar surface area (TPSA) is 464 Å². The molecule has 0 spiro atoms. The Kier molecular flexibility index (Phi) is 42.9. The molecule has 2 N–H and O–H groups in total. The summed E-state index contributed by atoms with van der Waals surface area (Å²) >= 11 is 27.3. The van der Waals surface area contributed by atoms with Gasteiger partial charge in [-0.1, -0.05) is 35.1 Å². The lowest BCUT2D eigenvalue weighted by Crippen LogP contribution is -2.37. The van der Waals surface area contributed by atoms with E-state index < -0.39 is 49.7 Å². The number of esters is 3. The van der Waals surface area contributed by atoms with E-state index in [2.05, 4.69) is 166 Å². The van der Waals surface area contributed by atoms with Crippen molar-refractivity contribution in [3.63, 3.8) is 0 Å². The van der Waals surface area contributed by atoms with Crippen molar-refractivity contribution in [2.45, 2.75) is 81.7 Å². The van der Waals surface area contributed by atoms with E-state index >= 15 is 0 Å². The number of halogens is 7. The van der Waals surface area contributed by atoms with Crippen molar-refractivity contribution in [1.82, 2.24) is 69.6 Å². The Hall–Kier alpha value is -8.92. The Morgan fingerprint density at radius 1 is 0.559 bits per heavy atom. The SMILES string of the molecule is CCN1CC(=O)Cc2cc(Br)cnc2C1=O.CCN1CC(=S)Cc2cc(Br)cnc2C1=O.CCN1Cc2nncn2-c2cc(Br)cnc2C1=O.CCNCC(=O)OCC.CCOC(=O)CBr.CCOC(=O)CN(CC)C(=O)c1ncc(Br)cc1[N+](=O)[O-].Cc1ncc(Br)cc1[N+](=O)[O-].O=C(O)c1ncc(Br)cc1[N+](=O)[O-]. The van der Waals surface area contributed by atoms with Gasteiger partial charge in [0.1, 0.15) is 35.3 Å². The van der Waals surface area contributed by atoms with Gasteiger partial charge in [0.2, 0.25) is 11.4 Å². The number of ketones is 1. The number of amides is 4. The minimum atomic E-state index is -1.42. The Morgan fingerprint density at radius 2 is 0.982 bits per heavy atom. The monoisotopic (exact) mass is 2000 g/mol. The number of aromatic nitrogens is 9. The van der Waals surface area contributed by atoms with Crippen molar-refractivity contribution in [3.05, 3.63) is 188 Å². The Balaban J connectivity index is 0.000000335. The molecule has 596 valence electrons. The summed E-state index contributed by atoms with van der Waals surface area (Å²) in [5, 5.41) is 51.3. The van der Waals surface area contributed by atoms with Crippen LogP contribution < -0.4 is 5.32 Å². The second-order valence-electron chi connectivity index (χ2n) is 21.9. The number of carboxylic acids is 1. The van der Waals surface area contributed by atoms with Crippen LogP contribution in [-0.2, 0) is 52.8 Å². The lowest BCUT2D eigenvalue weighted by molar-refractivity contribution is -0.385. The highest BCUT2D eigenvalue weighted by Gasteiger charge is 2.31. The second-order valence-corrected chi connectivity index (χ2v) is 28.5. The zero-order valence-corrected chi connectivity index (χ0v) is 72.7. The maximum Gasteiger partial charge on any atom is 0.361 e. The van der Waals surface area contributed by atoms with E-state index in [0.29, 0.717) is 112 Å². The number of aromatic carboxylic acids is 1. The molecule has 0 atom stereocenters. The van der Waals surface area contributed by atoms with Gasteiger partial charge in [-0.25, -0.2) is 29.7 Å². The fourth-order valence-corrected chi connectivity index (χ4v) is 11.7. The molecule has 0 unspecified atom stereocenters. The number of rotatable bonds is 18. The summed E-state index contributed by atoms with van der Waals surface area (Å²) in [7, 11) is 0. The molecule has 10 heterocycles. The summed E-state index contributed by atoms with van der Waals surface area (Å²) in [6, 6.07) is 9.28. The number of hydrogen-bond acceptors (Lipinski definition) is 28. The first-order chi connectivity index (χ1) is 52.6. The first-order valence-electron chi connectivity index (χ1n) is 33.0. The number of carboxylic acid groups (broad SMARTS) is 1. The second kappa shape index (κ2) is 49.5. The van der Waals surface area contributed by atoms with E-state index in [9.17, 15) is 73.5 Å². The maximum atomic E-state index is 12.3. The number of pyridine rings is 6. The highest BCUT2D eigenvalue weighted by atomic mass is 79.9. The summed E-state index contributed by atoms with van der Waals surface area (Å²) in [6.45, 7) is 21.3. The van der Waals surface area contributed by atoms with Crippen LogP contribution in [0.4, 0.5) is 17.1 Å². The Bertz CT molecular complexity index is 4430. The molecule has 10 rings (SSSR count). The van der Waals surface area contributed by atoms with Gasteiger partial charge in [-0.2, -0.15) is 0 Å². The molecular weight excluding hydrogens is 1940 g/mol. The predicted molar refractivity (Wildman–Crippen MR) is 431 cm³/mol. The third kappa shape index (κ3) is 31.3.